The van der Waals surface area contributed by atoms with Crippen molar-refractivity contribution in [2.75, 3.05) is 24.8 Å². The van der Waals surface area contributed by atoms with E-state index in [2.05, 4.69) is 36.5 Å². The molecule has 0 saturated carbocycles. The van der Waals surface area contributed by atoms with Gasteiger partial charge in [0.2, 0.25) is 0 Å². The first kappa shape index (κ1) is 13.7. The lowest BCUT2D eigenvalue weighted by molar-refractivity contribution is -0.141. The van der Waals surface area contributed by atoms with Gasteiger partial charge in [-0.25, -0.2) is 14.8 Å². The number of esters is 1. The van der Waals surface area contributed by atoms with Gasteiger partial charge in [0.1, 0.15) is 28.5 Å². The molecule has 1 aromatic rings. The molecule has 0 aliphatic heterocycles. The highest BCUT2D eigenvalue weighted by Gasteiger charge is 2.19. The Balaban J connectivity index is 2.90. The fourth-order valence-electron chi connectivity index (χ4n) is 1.28. The SMILES string of the molecule is CCC(Nc1ncnc(NC)c1Br)C(=O)OC. The summed E-state index contributed by atoms with van der Waals surface area (Å²) in [7, 11) is 3.12. The maximum atomic E-state index is 11.5. The van der Waals surface area contributed by atoms with Crippen molar-refractivity contribution < 1.29 is 9.53 Å². The molecule has 1 unspecified atom stereocenters. The number of halogens is 1. The van der Waals surface area contributed by atoms with E-state index in [0.717, 1.165) is 0 Å². The van der Waals surface area contributed by atoms with Crippen LogP contribution in [-0.2, 0) is 9.53 Å². The van der Waals surface area contributed by atoms with Crippen LogP contribution in [0.2, 0.25) is 0 Å². The van der Waals surface area contributed by atoms with Crippen LogP contribution in [-0.4, -0.2) is 36.1 Å². The number of ether oxygens (including phenoxy) is 1. The highest BCUT2D eigenvalue weighted by atomic mass is 79.9. The minimum Gasteiger partial charge on any atom is -0.467 e. The first-order chi connectivity index (χ1) is 8.13. The Hall–Kier alpha value is -1.37. The van der Waals surface area contributed by atoms with E-state index >= 15 is 0 Å². The summed E-state index contributed by atoms with van der Waals surface area (Å²) in [5.74, 6) is 0.896. The van der Waals surface area contributed by atoms with Crippen molar-refractivity contribution in [3.63, 3.8) is 0 Å². The number of aromatic nitrogens is 2. The molecular formula is C10H15BrN4O2. The smallest absolute Gasteiger partial charge is 0.328 e. The van der Waals surface area contributed by atoms with E-state index < -0.39 is 6.04 Å². The molecule has 0 amide bonds. The predicted octanol–water partition coefficient (Wildman–Crippen LogP) is 1.64. The molecule has 0 spiro atoms. The minimum atomic E-state index is -0.420. The molecule has 0 bridgehead atoms. The van der Waals surface area contributed by atoms with E-state index in [1.165, 1.54) is 13.4 Å². The maximum absolute atomic E-state index is 11.5. The summed E-state index contributed by atoms with van der Waals surface area (Å²) >= 11 is 3.37. The van der Waals surface area contributed by atoms with Gasteiger partial charge >= 0.3 is 5.97 Å². The average molecular weight is 303 g/mol. The fraction of sp³-hybridized carbons (Fsp3) is 0.500. The van der Waals surface area contributed by atoms with Gasteiger partial charge in [-0.05, 0) is 22.4 Å². The van der Waals surface area contributed by atoms with Gasteiger partial charge in [0, 0.05) is 7.05 Å². The molecule has 0 saturated heterocycles. The Bertz CT molecular complexity index is 400. The zero-order valence-electron chi connectivity index (χ0n) is 9.95. The molecule has 17 heavy (non-hydrogen) atoms. The molecule has 94 valence electrons. The van der Waals surface area contributed by atoms with Gasteiger partial charge in [-0.1, -0.05) is 6.92 Å². The van der Waals surface area contributed by atoms with E-state index in [9.17, 15) is 4.79 Å². The number of anilines is 2. The van der Waals surface area contributed by atoms with Gasteiger partial charge in [0.15, 0.2) is 0 Å². The number of carbonyl (C=O) groups is 1. The van der Waals surface area contributed by atoms with Crippen LogP contribution in [0.3, 0.4) is 0 Å². The largest absolute Gasteiger partial charge is 0.467 e. The van der Waals surface area contributed by atoms with Crippen molar-refractivity contribution in [2.24, 2.45) is 0 Å². The Kier molecular flexibility index (Phi) is 5.14. The second-order valence-corrected chi connectivity index (χ2v) is 4.06. The number of nitrogens with zero attached hydrogens (tertiary/aromatic N) is 2. The molecule has 0 fully saturated rings. The molecular weight excluding hydrogens is 288 g/mol. The summed E-state index contributed by atoms with van der Waals surface area (Å²) < 4.78 is 5.38. The molecule has 0 aromatic carbocycles. The third-order valence-electron chi connectivity index (χ3n) is 2.23. The molecule has 0 radical (unpaired) electrons. The molecule has 2 N–H and O–H groups in total. The van der Waals surface area contributed by atoms with Crippen molar-refractivity contribution in [1.82, 2.24) is 9.97 Å². The molecule has 7 heteroatoms. The molecule has 1 atom stereocenters. The van der Waals surface area contributed by atoms with Crippen LogP contribution in [0.15, 0.2) is 10.8 Å². The second-order valence-electron chi connectivity index (χ2n) is 3.26. The summed E-state index contributed by atoms with van der Waals surface area (Å²) in [5, 5.41) is 5.93. The monoisotopic (exact) mass is 302 g/mol. The van der Waals surface area contributed by atoms with Gasteiger partial charge in [0.25, 0.3) is 0 Å². The maximum Gasteiger partial charge on any atom is 0.328 e. The van der Waals surface area contributed by atoms with Crippen LogP contribution < -0.4 is 10.6 Å². The summed E-state index contributed by atoms with van der Waals surface area (Å²) in [5.41, 5.74) is 0. The molecule has 1 aromatic heterocycles. The number of rotatable bonds is 5. The van der Waals surface area contributed by atoms with Crippen molar-refractivity contribution in [2.45, 2.75) is 19.4 Å². The first-order valence-electron chi connectivity index (χ1n) is 5.16. The highest BCUT2D eigenvalue weighted by molar-refractivity contribution is 9.10. The normalized spacial score (nSPS) is 11.8. The number of hydrogen-bond acceptors (Lipinski definition) is 6. The van der Waals surface area contributed by atoms with E-state index in [1.54, 1.807) is 7.05 Å². The van der Waals surface area contributed by atoms with E-state index in [-0.39, 0.29) is 5.97 Å². The van der Waals surface area contributed by atoms with Crippen LogP contribution in [0.5, 0.6) is 0 Å². The fourth-order valence-corrected chi connectivity index (χ4v) is 1.80. The first-order valence-corrected chi connectivity index (χ1v) is 5.95. The molecule has 0 aliphatic carbocycles. The van der Waals surface area contributed by atoms with Gasteiger partial charge < -0.3 is 15.4 Å². The van der Waals surface area contributed by atoms with Crippen LogP contribution >= 0.6 is 15.9 Å². The van der Waals surface area contributed by atoms with Crippen molar-refractivity contribution in [3.8, 4) is 0 Å². The van der Waals surface area contributed by atoms with E-state index in [0.29, 0.717) is 22.5 Å². The molecule has 1 rings (SSSR count). The van der Waals surface area contributed by atoms with Gasteiger partial charge in [-0.15, -0.1) is 0 Å². The summed E-state index contributed by atoms with van der Waals surface area (Å²) in [6.07, 6.45) is 2.03. The predicted molar refractivity (Wildman–Crippen MR) is 69.0 cm³/mol. The third kappa shape index (κ3) is 3.29. The Morgan fingerprint density at radius 3 is 2.71 bits per heavy atom. The number of hydrogen-bond donors (Lipinski definition) is 2. The van der Waals surface area contributed by atoms with Crippen molar-refractivity contribution in [1.29, 1.82) is 0 Å². The lowest BCUT2D eigenvalue weighted by atomic mass is 10.2. The van der Waals surface area contributed by atoms with Gasteiger partial charge in [-0.2, -0.15) is 0 Å². The van der Waals surface area contributed by atoms with E-state index in [4.69, 9.17) is 4.74 Å². The zero-order chi connectivity index (χ0) is 12.8. The highest BCUT2D eigenvalue weighted by Crippen LogP contribution is 2.26. The van der Waals surface area contributed by atoms with E-state index in [1.807, 2.05) is 6.92 Å². The quantitative estimate of drug-likeness (QED) is 0.806. The third-order valence-corrected chi connectivity index (χ3v) is 2.98. The van der Waals surface area contributed by atoms with Crippen LogP contribution in [0.25, 0.3) is 0 Å². The van der Waals surface area contributed by atoms with Gasteiger partial charge in [0.05, 0.1) is 7.11 Å². The van der Waals surface area contributed by atoms with Crippen molar-refractivity contribution >= 4 is 33.5 Å². The number of carbonyl (C=O) groups excluding carboxylic acids is 1. The van der Waals surface area contributed by atoms with Crippen LogP contribution in [0.1, 0.15) is 13.3 Å². The second kappa shape index (κ2) is 6.39. The zero-order valence-corrected chi connectivity index (χ0v) is 11.5. The Morgan fingerprint density at radius 2 is 2.18 bits per heavy atom. The van der Waals surface area contributed by atoms with Gasteiger partial charge in [-0.3, -0.25) is 0 Å². The molecule has 0 aliphatic rings. The minimum absolute atomic E-state index is 0.316. The summed E-state index contributed by atoms with van der Waals surface area (Å²) in [6.45, 7) is 1.89. The number of nitrogens with one attached hydrogen (secondary N) is 2. The van der Waals surface area contributed by atoms with Crippen LogP contribution in [0, 0.1) is 0 Å². The standard InChI is InChI=1S/C10H15BrN4O2/c1-4-6(10(16)17-3)15-9-7(11)8(12-2)13-5-14-9/h5-6H,4H2,1-3H3,(H2,12,13,14,15). The summed E-state index contributed by atoms with van der Waals surface area (Å²) in [6, 6.07) is -0.420. The summed E-state index contributed by atoms with van der Waals surface area (Å²) in [4.78, 5) is 19.6. The van der Waals surface area contributed by atoms with Crippen molar-refractivity contribution in [3.05, 3.63) is 10.8 Å². The topological polar surface area (TPSA) is 76.1 Å². The molecule has 6 nitrogen and oxygen atoms in total. The van der Waals surface area contributed by atoms with Crippen LogP contribution in [0.4, 0.5) is 11.6 Å². The average Bonchev–Trinajstić information content (AvgIpc) is 2.36. The molecule has 1 heterocycles. The Labute approximate surface area is 108 Å². The Morgan fingerprint density at radius 1 is 1.53 bits per heavy atom. The lowest BCUT2D eigenvalue weighted by Crippen LogP contribution is -2.30. The number of methoxy groups -OCH3 is 1. The lowest BCUT2D eigenvalue weighted by Gasteiger charge is -2.16.